The molecule has 13 nitrogen and oxygen atoms in total. The summed E-state index contributed by atoms with van der Waals surface area (Å²) in [6.07, 6.45) is 19.2. The standard InChI is InChI=1S/C40H82O13/c1-2-3-4-5-6-7-8-9-10-11-12-13-14-15-17-42-19-21-44-23-25-46-27-29-48-31-33-50-35-37-52-39-40-53-38-36-51-34-32-49-30-28-47-26-24-45-22-20-43-18-16-41/h41H,2-40H2,1H3. The molecule has 0 bridgehead atoms. The molecule has 0 radical (unpaired) electrons. The average molecular weight is 771 g/mol. The highest BCUT2D eigenvalue weighted by atomic mass is 16.6. The van der Waals surface area contributed by atoms with E-state index in [0.717, 1.165) is 13.0 Å². The van der Waals surface area contributed by atoms with Gasteiger partial charge in [-0.25, -0.2) is 0 Å². The predicted octanol–water partition coefficient (Wildman–Crippen LogP) is 5.66. The van der Waals surface area contributed by atoms with E-state index in [9.17, 15) is 0 Å². The molecule has 0 aliphatic carbocycles. The SMILES string of the molecule is CCCCCCCCCCCCCCCCOCCOCCOCCOCCOCCOCCOCCOCCOCCOCCOCCOCCO. The van der Waals surface area contributed by atoms with E-state index in [0.29, 0.717) is 152 Å². The van der Waals surface area contributed by atoms with Crippen molar-refractivity contribution in [2.24, 2.45) is 0 Å². The zero-order chi connectivity index (χ0) is 38.1. The van der Waals surface area contributed by atoms with Gasteiger partial charge >= 0.3 is 0 Å². The van der Waals surface area contributed by atoms with Gasteiger partial charge in [0.05, 0.1) is 159 Å². The molecule has 0 saturated heterocycles. The Morgan fingerprint density at radius 3 is 0.585 bits per heavy atom. The van der Waals surface area contributed by atoms with Crippen LogP contribution in [0.15, 0.2) is 0 Å². The van der Waals surface area contributed by atoms with E-state index in [1.54, 1.807) is 0 Å². The molecule has 320 valence electrons. The topological polar surface area (TPSA) is 131 Å². The lowest BCUT2D eigenvalue weighted by atomic mass is 10.0. The highest BCUT2D eigenvalue weighted by molar-refractivity contribution is 4.49. The molecule has 1 N–H and O–H groups in total. The van der Waals surface area contributed by atoms with E-state index in [-0.39, 0.29) is 6.61 Å². The number of aliphatic hydroxyl groups excluding tert-OH is 1. The van der Waals surface area contributed by atoms with Crippen LogP contribution in [0.5, 0.6) is 0 Å². The van der Waals surface area contributed by atoms with Crippen molar-refractivity contribution in [2.45, 2.75) is 96.8 Å². The number of hydrogen-bond acceptors (Lipinski definition) is 13. The molecule has 13 heteroatoms. The van der Waals surface area contributed by atoms with Crippen molar-refractivity contribution < 1.29 is 61.9 Å². The zero-order valence-electron chi connectivity index (χ0n) is 33.9. The van der Waals surface area contributed by atoms with Crippen molar-refractivity contribution in [1.29, 1.82) is 0 Å². The molecule has 0 saturated carbocycles. The molecule has 0 aromatic carbocycles. The van der Waals surface area contributed by atoms with Crippen molar-refractivity contribution >= 4 is 0 Å². The van der Waals surface area contributed by atoms with Crippen molar-refractivity contribution in [3.63, 3.8) is 0 Å². The summed E-state index contributed by atoms with van der Waals surface area (Å²) in [5.41, 5.74) is 0. The molecule has 0 heterocycles. The first kappa shape index (κ1) is 52.5. The molecule has 0 unspecified atom stereocenters. The molecule has 0 aliphatic heterocycles. The zero-order valence-corrected chi connectivity index (χ0v) is 33.9. The Bertz CT molecular complexity index is 571. The fourth-order valence-electron chi connectivity index (χ4n) is 4.98. The van der Waals surface area contributed by atoms with E-state index < -0.39 is 0 Å². The highest BCUT2D eigenvalue weighted by Gasteiger charge is 1.98. The van der Waals surface area contributed by atoms with Crippen molar-refractivity contribution in [1.82, 2.24) is 0 Å². The van der Waals surface area contributed by atoms with Crippen LogP contribution in [0.4, 0.5) is 0 Å². The molecule has 0 aromatic rings. The maximum absolute atomic E-state index is 8.59. The molecule has 0 atom stereocenters. The summed E-state index contributed by atoms with van der Waals surface area (Å²) in [4.78, 5) is 0. The number of hydrogen-bond donors (Lipinski definition) is 1. The maximum Gasteiger partial charge on any atom is 0.0701 e. The van der Waals surface area contributed by atoms with Gasteiger partial charge in [0.25, 0.3) is 0 Å². The number of rotatable bonds is 50. The summed E-state index contributed by atoms with van der Waals surface area (Å²) in [7, 11) is 0. The molecule has 0 aromatic heterocycles. The van der Waals surface area contributed by atoms with Crippen LogP contribution >= 0.6 is 0 Å². The van der Waals surface area contributed by atoms with Crippen LogP contribution in [-0.4, -0.2) is 170 Å². The van der Waals surface area contributed by atoms with Gasteiger partial charge in [-0.3, -0.25) is 0 Å². The summed E-state index contributed by atoms with van der Waals surface area (Å²) in [6.45, 7) is 15.1. The Kier molecular flexibility index (Phi) is 51.0. The number of ether oxygens (including phenoxy) is 12. The van der Waals surface area contributed by atoms with Gasteiger partial charge in [0.2, 0.25) is 0 Å². The second-order valence-electron chi connectivity index (χ2n) is 12.7. The first-order valence-electron chi connectivity index (χ1n) is 21.0. The van der Waals surface area contributed by atoms with Gasteiger partial charge in [-0.2, -0.15) is 0 Å². The second-order valence-corrected chi connectivity index (χ2v) is 12.7. The quantitative estimate of drug-likeness (QED) is 0.0765. The van der Waals surface area contributed by atoms with Gasteiger partial charge in [0.1, 0.15) is 0 Å². The Hall–Kier alpha value is -0.520. The first-order valence-corrected chi connectivity index (χ1v) is 21.0. The van der Waals surface area contributed by atoms with Gasteiger partial charge in [0, 0.05) is 6.61 Å². The average Bonchev–Trinajstić information content (AvgIpc) is 3.17. The second kappa shape index (κ2) is 51.5. The van der Waals surface area contributed by atoms with Crippen LogP contribution in [0.2, 0.25) is 0 Å². The van der Waals surface area contributed by atoms with Gasteiger partial charge in [0.15, 0.2) is 0 Å². The minimum Gasteiger partial charge on any atom is -0.394 e. The largest absolute Gasteiger partial charge is 0.394 e. The Labute approximate surface area is 323 Å². The van der Waals surface area contributed by atoms with Crippen molar-refractivity contribution in [3.05, 3.63) is 0 Å². The first-order chi connectivity index (χ1) is 26.4. The lowest BCUT2D eigenvalue weighted by Crippen LogP contribution is -2.15. The molecular weight excluding hydrogens is 688 g/mol. The third kappa shape index (κ3) is 51.5. The Morgan fingerprint density at radius 2 is 0.377 bits per heavy atom. The number of aliphatic hydroxyl groups is 1. The fraction of sp³-hybridized carbons (Fsp3) is 1.00. The van der Waals surface area contributed by atoms with Gasteiger partial charge < -0.3 is 61.9 Å². The monoisotopic (exact) mass is 771 g/mol. The van der Waals surface area contributed by atoms with E-state index in [1.165, 1.54) is 83.5 Å². The van der Waals surface area contributed by atoms with Crippen molar-refractivity contribution in [3.8, 4) is 0 Å². The van der Waals surface area contributed by atoms with Crippen LogP contribution in [0, 0.1) is 0 Å². The summed E-state index contributed by atoms with van der Waals surface area (Å²) < 4.78 is 65.6. The summed E-state index contributed by atoms with van der Waals surface area (Å²) in [5, 5.41) is 8.59. The van der Waals surface area contributed by atoms with E-state index in [2.05, 4.69) is 6.92 Å². The summed E-state index contributed by atoms with van der Waals surface area (Å²) in [5.74, 6) is 0. The smallest absolute Gasteiger partial charge is 0.0701 e. The molecular formula is C40H82O13. The van der Waals surface area contributed by atoms with Gasteiger partial charge in [-0.05, 0) is 6.42 Å². The van der Waals surface area contributed by atoms with Crippen LogP contribution in [-0.2, 0) is 56.8 Å². The Balaban J connectivity index is 3.05. The van der Waals surface area contributed by atoms with Crippen molar-refractivity contribution in [2.75, 3.05) is 165 Å². The molecule has 0 aliphatic rings. The normalized spacial score (nSPS) is 11.7. The lowest BCUT2D eigenvalue weighted by Gasteiger charge is -2.09. The molecule has 0 fully saturated rings. The van der Waals surface area contributed by atoms with Crippen LogP contribution in [0.1, 0.15) is 96.8 Å². The van der Waals surface area contributed by atoms with Crippen LogP contribution in [0.3, 0.4) is 0 Å². The summed E-state index contributed by atoms with van der Waals surface area (Å²) >= 11 is 0. The maximum atomic E-state index is 8.59. The minimum absolute atomic E-state index is 0.0270. The molecule has 0 amide bonds. The van der Waals surface area contributed by atoms with Gasteiger partial charge in [-0.1, -0.05) is 90.4 Å². The number of unbranched alkanes of at least 4 members (excludes halogenated alkanes) is 13. The third-order valence-corrected chi connectivity index (χ3v) is 7.97. The third-order valence-electron chi connectivity index (χ3n) is 7.97. The van der Waals surface area contributed by atoms with E-state index in [1.807, 2.05) is 0 Å². The van der Waals surface area contributed by atoms with Crippen LogP contribution < -0.4 is 0 Å². The lowest BCUT2D eigenvalue weighted by molar-refractivity contribution is -0.0286. The van der Waals surface area contributed by atoms with E-state index >= 15 is 0 Å². The Morgan fingerprint density at radius 1 is 0.208 bits per heavy atom. The predicted molar refractivity (Wildman–Crippen MR) is 207 cm³/mol. The molecule has 0 rings (SSSR count). The summed E-state index contributed by atoms with van der Waals surface area (Å²) in [6, 6.07) is 0. The fourth-order valence-corrected chi connectivity index (χ4v) is 4.98. The molecule has 53 heavy (non-hydrogen) atoms. The minimum atomic E-state index is 0.0270. The highest BCUT2D eigenvalue weighted by Crippen LogP contribution is 2.13. The van der Waals surface area contributed by atoms with E-state index in [4.69, 9.17) is 61.9 Å². The molecule has 0 spiro atoms. The van der Waals surface area contributed by atoms with Crippen LogP contribution in [0.25, 0.3) is 0 Å². The van der Waals surface area contributed by atoms with Gasteiger partial charge in [-0.15, -0.1) is 0 Å².